The molecule has 0 aliphatic carbocycles. The third-order valence-electron chi connectivity index (χ3n) is 1.63. The summed E-state index contributed by atoms with van der Waals surface area (Å²) in [5.74, 6) is -1.16. The van der Waals surface area contributed by atoms with Gasteiger partial charge < -0.3 is 9.47 Å². The first-order valence-corrected chi connectivity index (χ1v) is 4.73. The highest BCUT2D eigenvalue weighted by atomic mass is 35.5. The molecule has 0 radical (unpaired) electrons. The Hall–Kier alpha value is -1.07. The van der Waals surface area contributed by atoms with E-state index >= 15 is 0 Å². The molecule has 1 aromatic carbocycles. The molecule has 0 atom stereocenters. The van der Waals surface area contributed by atoms with Crippen LogP contribution in [0.5, 0.6) is 5.75 Å². The van der Waals surface area contributed by atoms with E-state index in [9.17, 15) is 13.6 Å². The smallest absolute Gasteiger partial charge is 0.387 e. The standard InChI is InChI=1S/C9H6Cl2F2O3/c1-15-8(14)5-2-4(10)3-6(7(5)11)16-9(12)13/h2-3,9H,1H3. The van der Waals surface area contributed by atoms with Gasteiger partial charge in [-0.15, -0.1) is 0 Å². The summed E-state index contributed by atoms with van der Waals surface area (Å²) < 4.78 is 32.5. The fourth-order valence-electron chi connectivity index (χ4n) is 1.00. The van der Waals surface area contributed by atoms with Crippen LogP contribution in [0.4, 0.5) is 8.78 Å². The van der Waals surface area contributed by atoms with Crippen LogP contribution in [0.25, 0.3) is 0 Å². The van der Waals surface area contributed by atoms with E-state index in [1.54, 1.807) is 0 Å². The number of rotatable bonds is 3. The van der Waals surface area contributed by atoms with E-state index in [1.807, 2.05) is 0 Å². The summed E-state index contributed by atoms with van der Waals surface area (Å²) >= 11 is 11.3. The van der Waals surface area contributed by atoms with Crippen molar-refractivity contribution in [3.8, 4) is 5.75 Å². The predicted octanol–water partition coefficient (Wildman–Crippen LogP) is 3.38. The van der Waals surface area contributed by atoms with E-state index in [0.717, 1.165) is 13.2 Å². The van der Waals surface area contributed by atoms with Crippen LogP contribution in [0, 0.1) is 0 Å². The minimum absolute atomic E-state index is 0.0421. The number of alkyl halides is 2. The van der Waals surface area contributed by atoms with Crippen molar-refractivity contribution < 1.29 is 23.0 Å². The normalized spacial score (nSPS) is 10.4. The summed E-state index contributed by atoms with van der Waals surface area (Å²) in [5, 5.41) is -0.225. The zero-order chi connectivity index (χ0) is 12.3. The number of hydrogen-bond acceptors (Lipinski definition) is 3. The number of ether oxygens (including phenoxy) is 2. The van der Waals surface area contributed by atoms with Crippen molar-refractivity contribution in [1.29, 1.82) is 0 Å². The van der Waals surface area contributed by atoms with Gasteiger partial charge in [-0.1, -0.05) is 23.2 Å². The number of hydrogen-bond donors (Lipinski definition) is 0. The molecule has 3 nitrogen and oxygen atoms in total. The molecule has 0 fully saturated rings. The number of esters is 1. The highest BCUT2D eigenvalue weighted by molar-refractivity contribution is 6.37. The maximum Gasteiger partial charge on any atom is 0.387 e. The van der Waals surface area contributed by atoms with Crippen molar-refractivity contribution in [2.45, 2.75) is 6.61 Å². The molecule has 0 aliphatic heterocycles. The molecule has 88 valence electrons. The van der Waals surface area contributed by atoms with Gasteiger partial charge in [-0.25, -0.2) is 4.79 Å². The van der Waals surface area contributed by atoms with Gasteiger partial charge in [0.05, 0.1) is 17.7 Å². The van der Waals surface area contributed by atoms with E-state index in [2.05, 4.69) is 9.47 Å². The Labute approximate surface area is 99.9 Å². The van der Waals surface area contributed by atoms with Crippen LogP contribution in [0.2, 0.25) is 10.0 Å². The zero-order valence-electron chi connectivity index (χ0n) is 7.97. The van der Waals surface area contributed by atoms with Crippen LogP contribution in [-0.4, -0.2) is 19.7 Å². The first kappa shape index (κ1) is 13.0. The van der Waals surface area contributed by atoms with Gasteiger partial charge in [0.1, 0.15) is 5.75 Å². The van der Waals surface area contributed by atoms with Gasteiger partial charge in [-0.3, -0.25) is 0 Å². The third kappa shape index (κ3) is 2.96. The van der Waals surface area contributed by atoms with Gasteiger partial charge >= 0.3 is 12.6 Å². The summed E-state index contributed by atoms with van der Waals surface area (Å²) in [6.07, 6.45) is 0. The van der Waals surface area contributed by atoms with Crippen LogP contribution < -0.4 is 4.74 Å². The van der Waals surface area contributed by atoms with Gasteiger partial charge in [0, 0.05) is 11.1 Å². The molecule has 0 aromatic heterocycles. The molecule has 1 aromatic rings. The molecule has 0 aliphatic rings. The van der Waals surface area contributed by atoms with Crippen LogP contribution in [0.3, 0.4) is 0 Å². The lowest BCUT2D eigenvalue weighted by molar-refractivity contribution is -0.0498. The number of carbonyl (C=O) groups is 1. The molecular formula is C9H6Cl2F2O3. The molecule has 0 bridgehead atoms. The molecular weight excluding hydrogens is 265 g/mol. The van der Waals surface area contributed by atoms with Crippen molar-refractivity contribution in [3.63, 3.8) is 0 Å². The van der Waals surface area contributed by atoms with Gasteiger partial charge in [-0.2, -0.15) is 8.78 Å². The van der Waals surface area contributed by atoms with Crippen LogP contribution in [0.15, 0.2) is 12.1 Å². The molecule has 1 rings (SSSR count). The van der Waals surface area contributed by atoms with Crippen LogP contribution >= 0.6 is 23.2 Å². The average Bonchev–Trinajstić information content (AvgIpc) is 2.21. The number of benzene rings is 1. The van der Waals surface area contributed by atoms with Crippen molar-refractivity contribution in [2.75, 3.05) is 7.11 Å². The molecule has 0 N–H and O–H groups in total. The minimum Gasteiger partial charge on any atom is -0.465 e. The lowest BCUT2D eigenvalue weighted by Crippen LogP contribution is -2.07. The second kappa shape index (κ2) is 5.32. The Morgan fingerprint density at radius 2 is 2.00 bits per heavy atom. The van der Waals surface area contributed by atoms with Crippen molar-refractivity contribution >= 4 is 29.2 Å². The molecule has 0 heterocycles. The number of halogens is 4. The van der Waals surface area contributed by atoms with E-state index in [1.165, 1.54) is 6.07 Å². The second-order valence-electron chi connectivity index (χ2n) is 2.64. The van der Waals surface area contributed by atoms with Crippen molar-refractivity contribution in [1.82, 2.24) is 0 Å². The maximum atomic E-state index is 12.0. The summed E-state index contributed by atoms with van der Waals surface area (Å²) in [6.45, 7) is -3.05. The van der Waals surface area contributed by atoms with Crippen LogP contribution in [0.1, 0.15) is 10.4 Å². The summed E-state index contributed by atoms with van der Waals surface area (Å²) in [7, 11) is 1.13. The largest absolute Gasteiger partial charge is 0.465 e. The molecule has 16 heavy (non-hydrogen) atoms. The first-order valence-electron chi connectivity index (χ1n) is 3.98. The monoisotopic (exact) mass is 270 g/mol. The van der Waals surface area contributed by atoms with Gasteiger partial charge in [0.25, 0.3) is 0 Å². The average molecular weight is 271 g/mol. The van der Waals surface area contributed by atoms with E-state index in [-0.39, 0.29) is 21.4 Å². The minimum atomic E-state index is -3.05. The maximum absolute atomic E-state index is 12.0. The lowest BCUT2D eigenvalue weighted by atomic mass is 10.2. The summed E-state index contributed by atoms with van der Waals surface area (Å²) in [4.78, 5) is 11.2. The van der Waals surface area contributed by atoms with E-state index in [4.69, 9.17) is 23.2 Å². The molecule has 0 amide bonds. The van der Waals surface area contributed by atoms with E-state index < -0.39 is 12.6 Å². The zero-order valence-corrected chi connectivity index (χ0v) is 9.48. The fourth-order valence-corrected chi connectivity index (χ4v) is 1.44. The topological polar surface area (TPSA) is 35.5 Å². The van der Waals surface area contributed by atoms with Crippen molar-refractivity contribution in [2.24, 2.45) is 0 Å². The third-order valence-corrected chi connectivity index (χ3v) is 2.23. The Bertz CT molecular complexity index is 410. The van der Waals surface area contributed by atoms with Crippen LogP contribution in [-0.2, 0) is 4.74 Å². The first-order chi connectivity index (χ1) is 7.45. The second-order valence-corrected chi connectivity index (χ2v) is 3.45. The molecule has 0 spiro atoms. The van der Waals surface area contributed by atoms with Crippen molar-refractivity contribution in [3.05, 3.63) is 27.7 Å². The molecule has 7 heteroatoms. The number of methoxy groups -OCH3 is 1. The Balaban J connectivity index is 3.20. The Morgan fingerprint density at radius 3 is 2.50 bits per heavy atom. The highest BCUT2D eigenvalue weighted by Crippen LogP contribution is 2.33. The Kier molecular flexibility index (Phi) is 4.32. The fraction of sp³-hybridized carbons (Fsp3) is 0.222. The van der Waals surface area contributed by atoms with Gasteiger partial charge in [0.2, 0.25) is 0 Å². The predicted molar refractivity (Wildman–Crippen MR) is 54.4 cm³/mol. The molecule has 0 saturated carbocycles. The lowest BCUT2D eigenvalue weighted by Gasteiger charge is -2.10. The van der Waals surface area contributed by atoms with E-state index in [0.29, 0.717) is 0 Å². The highest BCUT2D eigenvalue weighted by Gasteiger charge is 2.18. The van der Waals surface area contributed by atoms with Gasteiger partial charge in [0.15, 0.2) is 0 Å². The molecule has 0 unspecified atom stereocenters. The Morgan fingerprint density at radius 1 is 1.38 bits per heavy atom. The quantitative estimate of drug-likeness (QED) is 0.790. The SMILES string of the molecule is COC(=O)c1cc(Cl)cc(OC(F)F)c1Cl. The molecule has 0 saturated heterocycles. The summed E-state index contributed by atoms with van der Waals surface area (Å²) in [5.41, 5.74) is -0.132. The number of carbonyl (C=O) groups excluding carboxylic acids is 1. The van der Waals surface area contributed by atoms with Gasteiger partial charge in [-0.05, 0) is 6.07 Å². The summed E-state index contributed by atoms with van der Waals surface area (Å²) in [6, 6.07) is 2.29.